The molecule has 92 valence electrons. The molecule has 1 unspecified atom stereocenters. The van der Waals surface area contributed by atoms with Gasteiger partial charge in [-0.2, -0.15) is 5.10 Å². The van der Waals surface area contributed by atoms with Crippen LogP contribution in [-0.4, -0.2) is 41.8 Å². The van der Waals surface area contributed by atoms with Gasteiger partial charge in [0.2, 0.25) is 0 Å². The van der Waals surface area contributed by atoms with E-state index in [1.165, 1.54) is 6.42 Å². The molecule has 0 saturated carbocycles. The number of nitrogens with one attached hydrogen (secondary N) is 2. The molecule has 4 heteroatoms. The molecule has 0 aliphatic carbocycles. The highest BCUT2D eigenvalue weighted by atomic mass is 15.1. The molecule has 0 bridgehead atoms. The standard InChI is InChI=1S/C12H24N4/c1-10(2)7-12(16(3)4)9-13-8-11-5-6-14-15-11/h5-6,10,12-13H,7-9H2,1-4H3,(H,14,15). The molecule has 1 atom stereocenters. The zero-order chi connectivity index (χ0) is 12.0. The van der Waals surface area contributed by atoms with Crippen molar-refractivity contribution in [3.05, 3.63) is 18.0 Å². The van der Waals surface area contributed by atoms with Gasteiger partial charge in [0.15, 0.2) is 0 Å². The number of H-pyrrole nitrogens is 1. The second-order valence-corrected chi connectivity index (χ2v) is 4.96. The zero-order valence-electron chi connectivity index (χ0n) is 10.8. The molecular weight excluding hydrogens is 200 g/mol. The van der Waals surface area contributed by atoms with E-state index in [0.29, 0.717) is 6.04 Å². The van der Waals surface area contributed by atoms with Crippen molar-refractivity contribution in [1.82, 2.24) is 20.4 Å². The number of nitrogens with zero attached hydrogens (tertiary/aromatic N) is 2. The highest BCUT2D eigenvalue weighted by Crippen LogP contribution is 2.08. The molecule has 0 radical (unpaired) electrons. The first-order valence-electron chi connectivity index (χ1n) is 5.95. The smallest absolute Gasteiger partial charge is 0.0490 e. The van der Waals surface area contributed by atoms with E-state index < -0.39 is 0 Å². The summed E-state index contributed by atoms with van der Waals surface area (Å²) >= 11 is 0. The number of aromatic nitrogens is 2. The Kier molecular flexibility index (Phi) is 5.49. The molecule has 0 aliphatic heterocycles. The van der Waals surface area contributed by atoms with E-state index in [2.05, 4.69) is 48.4 Å². The molecule has 0 aromatic carbocycles. The van der Waals surface area contributed by atoms with Crippen molar-refractivity contribution >= 4 is 0 Å². The van der Waals surface area contributed by atoms with Crippen molar-refractivity contribution in [1.29, 1.82) is 0 Å². The fourth-order valence-electron chi connectivity index (χ4n) is 1.78. The van der Waals surface area contributed by atoms with Gasteiger partial charge < -0.3 is 10.2 Å². The van der Waals surface area contributed by atoms with E-state index in [1.54, 1.807) is 6.20 Å². The minimum Gasteiger partial charge on any atom is -0.310 e. The molecule has 1 heterocycles. The largest absolute Gasteiger partial charge is 0.310 e. The summed E-state index contributed by atoms with van der Waals surface area (Å²) in [5.74, 6) is 0.737. The van der Waals surface area contributed by atoms with Crippen LogP contribution in [0, 0.1) is 5.92 Å². The molecule has 0 spiro atoms. The molecule has 16 heavy (non-hydrogen) atoms. The fraction of sp³-hybridized carbons (Fsp3) is 0.750. The van der Waals surface area contributed by atoms with Crippen LogP contribution in [0.4, 0.5) is 0 Å². The van der Waals surface area contributed by atoms with Crippen LogP contribution in [0.3, 0.4) is 0 Å². The van der Waals surface area contributed by atoms with E-state index in [-0.39, 0.29) is 0 Å². The Hall–Kier alpha value is -0.870. The number of hydrogen-bond acceptors (Lipinski definition) is 3. The first-order valence-corrected chi connectivity index (χ1v) is 5.95. The van der Waals surface area contributed by atoms with Crippen LogP contribution < -0.4 is 5.32 Å². The molecule has 0 fully saturated rings. The summed E-state index contributed by atoms with van der Waals surface area (Å²) in [4.78, 5) is 2.29. The maximum Gasteiger partial charge on any atom is 0.0490 e. The second kappa shape index (κ2) is 6.66. The van der Waals surface area contributed by atoms with Crippen LogP contribution >= 0.6 is 0 Å². The SMILES string of the molecule is CC(C)CC(CNCc1ccn[nH]1)N(C)C. The monoisotopic (exact) mass is 224 g/mol. The Morgan fingerprint density at radius 3 is 2.69 bits per heavy atom. The Morgan fingerprint density at radius 1 is 1.44 bits per heavy atom. The van der Waals surface area contributed by atoms with Crippen LogP contribution in [0.25, 0.3) is 0 Å². The molecule has 1 rings (SSSR count). The highest BCUT2D eigenvalue weighted by Gasteiger charge is 2.12. The summed E-state index contributed by atoms with van der Waals surface area (Å²) in [7, 11) is 4.29. The highest BCUT2D eigenvalue weighted by molar-refractivity contribution is 4.96. The van der Waals surface area contributed by atoms with Crippen molar-refractivity contribution in [2.24, 2.45) is 5.92 Å². The minimum atomic E-state index is 0.600. The summed E-state index contributed by atoms with van der Waals surface area (Å²) in [5.41, 5.74) is 1.14. The number of likely N-dealkylation sites (N-methyl/N-ethyl adjacent to an activating group) is 1. The summed E-state index contributed by atoms with van der Waals surface area (Å²) in [6, 6.07) is 2.60. The van der Waals surface area contributed by atoms with E-state index in [1.807, 2.05) is 6.07 Å². The van der Waals surface area contributed by atoms with Gasteiger partial charge in [0.1, 0.15) is 0 Å². The van der Waals surface area contributed by atoms with Crippen LogP contribution in [0.5, 0.6) is 0 Å². The van der Waals surface area contributed by atoms with Gasteiger partial charge in [0, 0.05) is 31.0 Å². The van der Waals surface area contributed by atoms with Crippen molar-refractivity contribution in [3.63, 3.8) is 0 Å². The van der Waals surface area contributed by atoms with Gasteiger partial charge in [-0.25, -0.2) is 0 Å². The lowest BCUT2D eigenvalue weighted by Gasteiger charge is -2.26. The second-order valence-electron chi connectivity index (χ2n) is 4.96. The third-order valence-electron chi connectivity index (χ3n) is 2.73. The van der Waals surface area contributed by atoms with Gasteiger partial charge in [-0.15, -0.1) is 0 Å². The van der Waals surface area contributed by atoms with Gasteiger partial charge in [0.05, 0.1) is 0 Å². The molecule has 1 aromatic heterocycles. The normalized spacial score (nSPS) is 13.6. The van der Waals surface area contributed by atoms with Crippen LogP contribution in [0.15, 0.2) is 12.3 Å². The Morgan fingerprint density at radius 2 is 2.19 bits per heavy atom. The number of aromatic amines is 1. The van der Waals surface area contributed by atoms with Crippen LogP contribution in [0.1, 0.15) is 26.0 Å². The third kappa shape index (κ3) is 4.77. The quantitative estimate of drug-likeness (QED) is 0.737. The molecule has 2 N–H and O–H groups in total. The van der Waals surface area contributed by atoms with Crippen molar-refractivity contribution in [2.75, 3.05) is 20.6 Å². The molecule has 0 saturated heterocycles. The maximum absolute atomic E-state index is 3.93. The van der Waals surface area contributed by atoms with Gasteiger partial charge in [0.25, 0.3) is 0 Å². The van der Waals surface area contributed by atoms with Crippen LogP contribution in [-0.2, 0) is 6.54 Å². The maximum atomic E-state index is 3.93. The van der Waals surface area contributed by atoms with Gasteiger partial charge in [-0.1, -0.05) is 13.8 Å². The lowest BCUT2D eigenvalue weighted by atomic mass is 10.0. The van der Waals surface area contributed by atoms with Gasteiger partial charge in [-0.05, 0) is 32.5 Å². The van der Waals surface area contributed by atoms with Crippen molar-refractivity contribution in [2.45, 2.75) is 32.9 Å². The van der Waals surface area contributed by atoms with E-state index in [9.17, 15) is 0 Å². The predicted molar refractivity (Wildman–Crippen MR) is 67.2 cm³/mol. The zero-order valence-corrected chi connectivity index (χ0v) is 10.8. The van der Waals surface area contributed by atoms with E-state index in [0.717, 1.165) is 24.7 Å². The summed E-state index contributed by atoms with van der Waals surface area (Å²) < 4.78 is 0. The fourth-order valence-corrected chi connectivity index (χ4v) is 1.78. The van der Waals surface area contributed by atoms with Crippen molar-refractivity contribution in [3.8, 4) is 0 Å². The Balaban J connectivity index is 2.27. The Bertz CT molecular complexity index is 267. The number of hydrogen-bond donors (Lipinski definition) is 2. The Labute approximate surface area is 98.4 Å². The van der Waals surface area contributed by atoms with E-state index in [4.69, 9.17) is 0 Å². The summed E-state index contributed by atoms with van der Waals surface area (Å²) in [5, 5.41) is 10.3. The lowest BCUT2D eigenvalue weighted by molar-refractivity contribution is 0.246. The van der Waals surface area contributed by atoms with Gasteiger partial charge >= 0.3 is 0 Å². The van der Waals surface area contributed by atoms with E-state index >= 15 is 0 Å². The first-order chi connectivity index (χ1) is 7.59. The summed E-state index contributed by atoms with van der Waals surface area (Å²) in [6.07, 6.45) is 3.01. The third-order valence-corrected chi connectivity index (χ3v) is 2.73. The molecule has 4 nitrogen and oxygen atoms in total. The first kappa shape index (κ1) is 13.2. The average molecular weight is 224 g/mol. The van der Waals surface area contributed by atoms with Crippen molar-refractivity contribution < 1.29 is 0 Å². The average Bonchev–Trinajstić information content (AvgIpc) is 2.68. The predicted octanol–water partition coefficient (Wildman–Crippen LogP) is 1.48. The van der Waals surface area contributed by atoms with Gasteiger partial charge in [-0.3, -0.25) is 5.10 Å². The topological polar surface area (TPSA) is 44.0 Å². The molecule has 1 aromatic rings. The molecule has 0 aliphatic rings. The molecule has 0 amide bonds. The van der Waals surface area contributed by atoms with Crippen LogP contribution in [0.2, 0.25) is 0 Å². The summed E-state index contributed by atoms with van der Waals surface area (Å²) in [6.45, 7) is 6.42. The lowest BCUT2D eigenvalue weighted by Crippen LogP contribution is -2.38. The minimum absolute atomic E-state index is 0.600. The number of rotatable bonds is 7. The molecular formula is C12H24N4.